The molecular weight excluding hydrogens is 178 g/mol. The first-order chi connectivity index (χ1) is 6.86. The van der Waals surface area contributed by atoms with Crippen LogP contribution < -0.4 is 10.6 Å². The number of hydrogen-bond donors (Lipinski definition) is 2. The Balaban J connectivity index is 1.66. The highest BCUT2D eigenvalue weighted by Gasteiger charge is 2.19. The number of hydrogen-bond acceptors (Lipinski definition) is 2. The van der Waals surface area contributed by atoms with Gasteiger partial charge in [-0.15, -0.1) is 0 Å². The second-order valence-electron chi connectivity index (χ2n) is 4.17. The largest absolute Gasteiger partial charge is 0.336 e. The zero-order valence-electron chi connectivity index (χ0n) is 8.59. The Labute approximate surface area is 85.0 Å². The van der Waals surface area contributed by atoms with Crippen LogP contribution in [0.25, 0.3) is 0 Å². The molecule has 2 N–H and O–H groups in total. The fraction of sp³-hybridized carbons (Fsp3) is 0.900. The van der Waals surface area contributed by atoms with E-state index in [-0.39, 0.29) is 6.03 Å². The van der Waals surface area contributed by atoms with Gasteiger partial charge in [0, 0.05) is 25.7 Å². The van der Waals surface area contributed by atoms with Gasteiger partial charge < -0.3 is 15.5 Å². The van der Waals surface area contributed by atoms with Crippen molar-refractivity contribution in [3.8, 4) is 0 Å². The summed E-state index contributed by atoms with van der Waals surface area (Å²) in [7, 11) is 0. The van der Waals surface area contributed by atoms with E-state index in [1.807, 2.05) is 4.90 Å². The number of nitrogens with zero attached hydrogens (tertiary/aromatic N) is 1. The highest BCUT2D eigenvalue weighted by molar-refractivity contribution is 5.74. The summed E-state index contributed by atoms with van der Waals surface area (Å²) in [5, 5.41) is 6.36. The molecule has 2 aliphatic heterocycles. The molecule has 0 aromatic rings. The van der Waals surface area contributed by atoms with E-state index in [2.05, 4.69) is 10.6 Å². The molecule has 0 saturated carbocycles. The molecule has 80 valence electrons. The van der Waals surface area contributed by atoms with Crippen molar-refractivity contribution < 1.29 is 4.79 Å². The molecular formula is C10H19N3O. The summed E-state index contributed by atoms with van der Waals surface area (Å²) in [4.78, 5) is 13.5. The van der Waals surface area contributed by atoms with Gasteiger partial charge in [-0.05, 0) is 32.2 Å². The molecule has 2 heterocycles. The van der Waals surface area contributed by atoms with Gasteiger partial charge in [0.1, 0.15) is 0 Å². The number of rotatable bonds is 2. The van der Waals surface area contributed by atoms with E-state index in [1.54, 1.807) is 0 Å². The Hall–Kier alpha value is -0.770. The van der Waals surface area contributed by atoms with Gasteiger partial charge in [0.05, 0.1) is 0 Å². The zero-order chi connectivity index (χ0) is 9.80. The van der Waals surface area contributed by atoms with Crippen molar-refractivity contribution >= 4 is 6.03 Å². The fourth-order valence-electron chi connectivity index (χ4n) is 2.17. The third-order valence-electron chi connectivity index (χ3n) is 3.06. The predicted molar refractivity (Wildman–Crippen MR) is 55.2 cm³/mol. The first-order valence-corrected chi connectivity index (χ1v) is 5.62. The maximum atomic E-state index is 11.6. The van der Waals surface area contributed by atoms with Crippen LogP contribution in [-0.2, 0) is 0 Å². The summed E-state index contributed by atoms with van der Waals surface area (Å²) in [6.45, 7) is 3.76. The lowest BCUT2D eigenvalue weighted by atomic mass is 10.2. The van der Waals surface area contributed by atoms with Crippen LogP contribution in [0.1, 0.15) is 25.7 Å². The maximum Gasteiger partial charge on any atom is 0.317 e. The average molecular weight is 197 g/mol. The summed E-state index contributed by atoms with van der Waals surface area (Å²) in [6.07, 6.45) is 4.76. The minimum atomic E-state index is 0.121. The SMILES string of the molecule is O=C(NCC1CCCN1)N1CCCC1. The van der Waals surface area contributed by atoms with E-state index >= 15 is 0 Å². The van der Waals surface area contributed by atoms with Gasteiger partial charge in [-0.2, -0.15) is 0 Å². The summed E-state index contributed by atoms with van der Waals surface area (Å²) in [5.41, 5.74) is 0. The minimum Gasteiger partial charge on any atom is -0.336 e. The first-order valence-electron chi connectivity index (χ1n) is 5.62. The summed E-state index contributed by atoms with van der Waals surface area (Å²) in [6, 6.07) is 0.623. The third kappa shape index (κ3) is 2.38. The number of urea groups is 1. The van der Waals surface area contributed by atoms with Crippen LogP contribution in [0.5, 0.6) is 0 Å². The van der Waals surface area contributed by atoms with Crippen molar-refractivity contribution in [1.82, 2.24) is 15.5 Å². The van der Waals surface area contributed by atoms with Gasteiger partial charge in [-0.25, -0.2) is 4.79 Å². The highest BCUT2D eigenvalue weighted by Crippen LogP contribution is 2.07. The third-order valence-corrected chi connectivity index (χ3v) is 3.06. The van der Waals surface area contributed by atoms with E-state index in [9.17, 15) is 4.79 Å². The molecule has 2 saturated heterocycles. The van der Waals surface area contributed by atoms with Gasteiger partial charge in [0.25, 0.3) is 0 Å². The molecule has 4 heteroatoms. The van der Waals surface area contributed by atoms with E-state index in [0.29, 0.717) is 6.04 Å². The fourth-order valence-corrected chi connectivity index (χ4v) is 2.17. The van der Waals surface area contributed by atoms with Crippen LogP contribution >= 0.6 is 0 Å². The molecule has 0 aliphatic carbocycles. The van der Waals surface area contributed by atoms with Gasteiger partial charge >= 0.3 is 6.03 Å². The highest BCUT2D eigenvalue weighted by atomic mass is 16.2. The zero-order valence-corrected chi connectivity index (χ0v) is 8.59. The monoisotopic (exact) mass is 197 g/mol. The van der Waals surface area contributed by atoms with Gasteiger partial charge in [0.15, 0.2) is 0 Å². The predicted octanol–water partition coefficient (Wildman–Crippen LogP) is 0.544. The van der Waals surface area contributed by atoms with E-state index < -0.39 is 0 Å². The van der Waals surface area contributed by atoms with Crippen molar-refractivity contribution in [2.75, 3.05) is 26.2 Å². The van der Waals surface area contributed by atoms with E-state index in [4.69, 9.17) is 0 Å². The van der Waals surface area contributed by atoms with Gasteiger partial charge in [-0.3, -0.25) is 0 Å². The van der Waals surface area contributed by atoms with Gasteiger partial charge in [-0.1, -0.05) is 0 Å². The lowest BCUT2D eigenvalue weighted by Crippen LogP contribution is -2.43. The summed E-state index contributed by atoms with van der Waals surface area (Å²) < 4.78 is 0. The Morgan fingerprint density at radius 1 is 1.36 bits per heavy atom. The second-order valence-corrected chi connectivity index (χ2v) is 4.17. The Bertz CT molecular complexity index is 196. The minimum absolute atomic E-state index is 0.121. The number of amides is 2. The lowest BCUT2D eigenvalue weighted by Gasteiger charge is -2.18. The van der Waals surface area contributed by atoms with E-state index in [1.165, 1.54) is 12.8 Å². The van der Waals surface area contributed by atoms with Crippen LogP contribution in [0.4, 0.5) is 4.79 Å². The molecule has 2 fully saturated rings. The Morgan fingerprint density at radius 3 is 2.79 bits per heavy atom. The van der Waals surface area contributed by atoms with Crippen LogP contribution in [0.3, 0.4) is 0 Å². The second kappa shape index (κ2) is 4.64. The first kappa shape index (κ1) is 9.77. The molecule has 1 atom stereocenters. The molecule has 0 spiro atoms. The molecule has 2 amide bonds. The molecule has 2 aliphatic rings. The summed E-state index contributed by atoms with van der Waals surface area (Å²) in [5.74, 6) is 0. The Morgan fingerprint density at radius 2 is 2.14 bits per heavy atom. The molecule has 4 nitrogen and oxygen atoms in total. The molecule has 2 rings (SSSR count). The normalized spacial score (nSPS) is 26.9. The smallest absolute Gasteiger partial charge is 0.317 e. The summed E-state index contributed by atoms with van der Waals surface area (Å²) >= 11 is 0. The van der Waals surface area contributed by atoms with Crippen molar-refractivity contribution in [3.63, 3.8) is 0 Å². The average Bonchev–Trinajstić information content (AvgIpc) is 2.87. The van der Waals surface area contributed by atoms with Crippen LogP contribution in [0, 0.1) is 0 Å². The van der Waals surface area contributed by atoms with Crippen molar-refractivity contribution in [2.45, 2.75) is 31.7 Å². The molecule has 0 radical (unpaired) electrons. The maximum absolute atomic E-state index is 11.6. The topological polar surface area (TPSA) is 44.4 Å². The lowest BCUT2D eigenvalue weighted by molar-refractivity contribution is 0.208. The molecule has 0 aromatic heterocycles. The van der Waals surface area contributed by atoms with Crippen molar-refractivity contribution in [2.24, 2.45) is 0 Å². The molecule has 0 bridgehead atoms. The van der Waals surface area contributed by atoms with Crippen molar-refractivity contribution in [3.05, 3.63) is 0 Å². The molecule has 1 unspecified atom stereocenters. The van der Waals surface area contributed by atoms with E-state index in [0.717, 1.165) is 39.0 Å². The standard InChI is InChI=1S/C10H19N3O/c14-10(13-6-1-2-7-13)12-8-9-4-3-5-11-9/h9,11H,1-8H2,(H,12,14). The Kier molecular flexibility index (Phi) is 3.24. The van der Waals surface area contributed by atoms with Crippen molar-refractivity contribution in [1.29, 1.82) is 0 Å². The number of nitrogens with one attached hydrogen (secondary N) is 2. The molecule has 0 aromatic carbocycles. The number of carbonyl (C=O) groups is 1. The van der Waals surface area contributed by atoms with Crippen LogP contribution in [0.15, 0.2) is 0 Å². The number of carbonyl (C=O) groups excluding carboxylic acids is 1. The van der Waals surface area contributed by atoms with Crippen LogP contribution in [-0.4, -0.2) is 43.2 Å². The quantitative estimate of drug-likeness (QED) is 0.679. The van der Waals surface area contributed by atoms with Crippen LogP contribution in [0.2, 0.25) is 0 Å². The number of likely N-dealkylation sites (tertiary alicyclic amines) is 1. The molecule has 14 heavy (non-hydrogen) atoms. The van der Waals surface area contributed by atoms with Gasteiger partial charge in [0.2, 0.25) is 0 Å².